The number of nitrogens with one attached hydrogen (secondary N) is 1. The summed E-state index contributed by atoms with van der Waals surface area (Å²) in [4.78, 5) is 13.1. The summed E-state index contributed by atoms with van der Waals surface area (Å²) in [7, 11) is 0. The molecular formula is C78H131NO8. The number of unbranched alkanes of at least 4 members (excludes halogenated alkanes) is 28. The predicted octanol–water partition coefficient (Wildman–Crippen LogP) is 19.7. The third kappa shape index (κ3) is 53.6. The van der Waals surface area contributed by atoms with Crippen molar-refractivity contribution in [1.29, 1.82) is 0 Å². The molecule has 1 heterocycles. The van der Waals surface area contributed by atoms with Crippen molar-refractivity contribution in [3.8, 4) is 0 Å². The summed E-state index contributed by atoms with van der Waals surface area (Å²) >= 11 is 0. The van der Waals surface area contributed by atoms with E-state index in [0.717, 1.165) is 122 Å². The average Bonchev–Trinajstić information content (AvgIpc) is 3.38. The maximum Gasteiger partial charge on any atom is 0.220 e. The molecule has 1 aliphatic rings. The molecule has 7 unspecified atom stereocenters. The van der Waals surface area contributed by atoms with Gasteiger partial charge in [0.15, 0.2) is 6.29 Å². The van der Waals surface area contributed by atoms with Crippen molar-refractivity contribution in [2.24, 2.45) is 0 Å². The van der Waals surface area contributed by atoms with Crippen LogP contribution in [0.3, 0.4) is 0 Å². The van der Waals surface area contributed by atoms with Crippen LogP contribution < -0.4 is 5.32 Å². The van der Waals surface area contributed by atoms with Gasteiger partial charge in [-0.2, -0.15) is 0 Å². The molecule has 0 spiro atoms. The molecule has 1 aliphatic heterocycles. The molecule has 6 N–H and O–H groups in total. The van der Waals surface area contributed by atoms with Crippen LogP contribution in [0.25, 0.3) is 0 Å². The number of aliphatic hydroxyl groups is 5. The Morgan fingerprint density at radius 3 is 1.10 bits per heavy atom. The molecule has 1 fully saturated rings. The molecule has 0 radical (unpaired) electrons. The second-order valence-corrected chi connectivity index (χ2v) is 23.9. The predicted molar refractivity (Wildman–Crippen MR) is 373 cm³/mol. The van der Waals surface area contributed by atoms with Gasteiger partial charge in [-0.15, -0.1) is 0 Å². The minimum Gasteiger partial charge on any atom is -0.394 e. The van der Waals surface area contributed by atoms with Crippen molar-refractivity contribution >= 4 is 5.91 Å². The van der Waals surface area contributed by atoms with Crippen LogP contribution in [0.4, 0.5) is 0 Å². The van der Waals surface area contributed by atoms with Crippen molar-refractivity contribution in [3.05, 3.63) is 146 Å². The number of carbonyl (C=O) groups is 1. The Balaban J connectivity index is 2.17. The van der Waals surface area contributed by atoms with Gasteiger partial charge in [0, 0.05) is 6.42 Å². The first-order valence-corrected chi connectivity index (χ1v) is 35.6. The number of hydrogen-bond acceptors (Lipinski definition) is 8. The maximum absolute atomic E-state index is 13.1. The fourth-order valence-corrected chi connectivity index (χ4v) is 10.4. The van der Waals surface area contributed by atoms with E-state index >= 15 is 0 Å². The summed E-state index contributed by atoms with van der Waals surface area (Å²) in [5, 5.41) is 54.7. The maximum atomic E-state index is 13.1. The van der Waals surface area contributed by atoms with Crippen molar-refractivity contribution < 1.29 is 39.8 Å². The van der Waals surface area contributed by atoms with E-state index in [4.69, 9.17) is 9.47 Å². The Hall–Kier alpha value is -3.93. The molecule has 1 saturated heterocycles. The van der Waals surface area contributed by atoms with E-state index in [2.05, 4.69) is 153 Å². The first-order valence-electron chi connectivity index (χ1n) is 35.6. The zero-order valence-corrected chi connectivity index (χ0v) is 55.5. The minimum atomic E-state index is -1.58. The number of carbonyl (C=O) groups excluding carboxylic acids is 1. The highest BCUT2D eigenvalue weighted by Gasteiger charge is 2.44. The quantitative estimate of drug-likeness (QED) is 0.0261. The van der Waals surface area contributed by atoms with Gasteiger partial charge in [0.05, 0.1) is 25.4 Å². The summed E-state index contributed by atoms with van der Waals surface area (Å²) in [5.41, 5.74) is 0. The molecule has 9 nitrogen and oxygen atoms in total. The summed E-state index contributed by atoms with van der Waals surface area (Å²) in [6, 6.07) is -0.841. The lowest BCUT2D eigenvalue weighted by Crippen LogP contribution is -2.60. The highest BCUT2D eigenvalue weighted by Crippen LogP contribution is 2.23. The average molecular weight is 1210 g/mol. The third-order valence-corrected chi connectivity index (χ3v) is 15.9. The standard InChI is InChI=1S/C78H131NO8/c1-3-5-7-9-11-13-15-17-19-21-23-25-27-29-30-31-32-33-34-35-36-37-38-39-40-41-42-44-46-48-50-52-54-56-58-60-62-64-66-68-74(82)79-71(70-86-78-77(85)76(84)75(83)73(69-80)87-78)72(81)67-65-63-61-59-57-55-53-51-49-47-45-43-28-26-24-22-20-18-16-14-12-10-8-6-4-2/h5,7,11,13,17,19,23,25,29-30,32-33,35-36,38-39,41-42,49,51,57,59,65,67,71-73,75-78,80-81,83-85H,3-4,6,8-10,12,14-16,18,20-22,24,26-28,31,34,37,40,43-48,50,52-56,58,60-64,66,68-70H2,1-2H3,(H,79,82)/b7-5-,13-11-,19-17-,25-23-,30-29-,33-32-,36-35-,39-38-,42-41-,51-49+,59-57+,67-65+. The van der Waals surface area contributed by atoms with Crippen molar-refractivity contribution in [2.75, 3.05) is 13.2 Å². The Bertz CT molecular complexity index is 1890. The monoisotopic (exact) mass is 1210 g/mol. The number of rotatable bonds is 60. The van der Waals surface area contributed by atoms with E-state index < -0.39 is 49.5 Å². The van der Waals surface area contributed by atoms with E-state index in [0.29, 0.717) is 6.42 Å². The molecule has 1 amide bonds. The van der Waals surface area contributed by atoms with Gasteiger partial charge >= 0.3 is 0 Å². The normalized spacial score (nSPS) is 18.9. The smallest absolute Gasteiger partial charge is 0.220 e. The zero-order chi connectivity index (χ0) is 62.8. The van der Waals surface area contributed by atoms with Gasteiger partial charge in [0.2, 0.25) is 5.91 Å². The molecule has 0 aromatic carbocycles. The number of hydrogen-bond donors (Lipinski definition) is 6. The summed E-state index contributed by atoms with van der Waals surface area (Å²) in [6.45, 7) is 3.66. The van der Waals surface area contributed by atoms with Crippen LogP contribution in [0.2, 0.25) is 0 Å². The molecule has 1 rings (SSSR count). The Morgan fingerprint density at radius 2 is 0.724 bits per heavy atom. The minimum absolute atomic E-state index is 0.198. The molecule has 9 heteroatoms. The van der Waals surface area contributed by atoms with Crippen LogP contribution >= 0.6 is 0 Å². The van der Waals surface area contributed by atoms with Crippen LogP contribution in [0.5, 0.6) is 0 Å². The van der Waals surface area contributed by atoms with Gasteiger partial charge in [0.1, 0.15) is 24.4 Å². The molecule has 496 valence electrons. The first kappa shape index (κ1) is 81.1. The second kappa shape index (κ2) is 65.0. The molecule has 0 aromatic rings. The molecule has 0 bridgehead atoms. The van der Waals surface area contributed by atoms with Gasteiger partial charge in [-0.25, -0.2) is 0 Å². The summed E-state index contributed by atoms with van der Waals surface area (Å²) in [5.74, 6) is -0.198. The molecule has 0 aromatic heterocycles. The number of allylic oxidation sites excluding steroid dienone is 23. The van der Waals surface area contributed by atoms with Crippen molar-refractivity contribution in [3.63, 3.8) is 0 Å². The highest BCUT2D eigenvalue weighted by atomic mass is 16.7. The SMILES string of the molecule is CC/C=C\C/C=C\C/C=C\C/C=C\C/C=C\C/C=C\C/C=C\C/C=C\C/C=C\CCCCCCCCCCCCCC(=O)NC(COC1OC(CO)C(O)C(O)C1O)C(O)/C=C/CC/C=C/CC/C=C/CCCCCCCCCCCCCCCCC. The number of ether oxygens (including phenoxy) is 2. The largest absolute Gasteiger partial charge is 0.394 e. The van der Waals surface area contributed by atoms with Crippen LogP contribution in [0.1, 0.15) is 284 Å². The van der Waals surface area contributed by atoms with Crippen molar-refractivity contribution in [1.82, 2.24) is 5.32 Å². The van der Waals surface area contributed by atoms with Gasteiger partial charge in [-0.1, -0.05) is 307 Å². The van der Waals surface area contributed by atoms with E-state index in [-0.39, 0.29) is 12.5 Å². The lowest BCUT2D eigenvalue weighted by Gasteiger charge is -2.40. The van der Waals surface area contributed by atoms with Crippen molar-refractivity contribution in [2.45, 2.75) is 326 Å². The Kier molecular flexibility index (Phi) is 60.6. The number of amides is 1. The lowest BCUT2D eigenvalue weighted by molar-refractivity contribution is -0.302. The van der Waals surface area contributed by atoms with Crippen LogP contribution in [-0.2, 0) is 14.3 Å². The highest BCUT2D eigenvalue weighted by molar-refractivity contribution is 5.76. The second-order valence-electron chi connectivity index (χ2n) is 23.9. The number of aliphatic hydroxyl groups excluding tert-OH is 5. The van der Waals surface area contributed by atoms with E-state index in [1.165, 1.54) is 141 Å². The van der Waals surface area contributed by atoms with E-state index in [9.17, 15) is 30.3 Å². The molecule has 7 atom stereocenters. The first-order chi connectivity index (χ1) is 42.8. The third-order valence-electron chi connectivity index (χ3n) is 15.9. The van der Waals surface area contributed by atoms with Gasteiger partial charge in [-0.05, 0) is 116 Å². The van der Waals surface area contributed by atoms with Crippen LogP contribution in [-0.4, -0.2) is 87.5 Å². The summed E-state index contributed by atoms with van der Waals surface area (Å²) < 4.78 is 11.3. The lowest BCUT2D eigenvalue weighted by atomic mass is 9.99. The van der Waals surface area contributed by atoms with Gasteiger partial charge < -0.3 is 40.3 Å². The van der Waals surface area contributed by atoms with Crippen LogP contribution in [0, 0.1) is 0 Å². The van der Waals surface area contributed by atoms with Crippen LogP contribution in [0.15, 0.2) is 146 Å². The summed E-state index contributed by atoms with van der Waals surface area (Å²) in [6.07, 6.45) is 93.7. The zero-order valence-electron chi connectivity index (χ0n) is 55.5. The Labute approximate surface area is 533 Å². The van der Waals surface area contributed by atoms with E-state index in [1.54, 1.807) is 6.08 Å². The topological polar surface area (TPSA) is 149 Å². The molecule has 0 saturated carbocycles. The molecule has 87 heavy (non-hydrogen) atoms. The molecule has 0 aliphatic carbocycles. The fraction of sp³-hybridized carbons (Fsp3) is 0.679. The fourth-order valence-electron chi connectivity index (χ4n) is 10.4. The van der Waals surface area contributed by atoms with E-state index in [1.807, 2.05) is 6.08 Å². The van der Waals surface area contributed by atoms with Gasteiger partial charge in [-0.3, -0.25) is 4.79 Å². The Morgan fingerprint density at radius 1 is 0.402 bits per heavy atom. The van der Waals surface area contributed by atoms with Gasteiger partial charge in [0.25, 0.3) is 0 Å². The molecular weight excluding hydrogens is 1080 g/mol.